The van der Waals surface area contributed by atoms with Crippen LogP contribution in [0.4, 0.5) is 0 Å². The van der Waals surface area contributed by atoms with Crippen LogP contribution in [0.1, 0.15) is 37.9 Å². The first kappa shape index (κ1) is 8.63. The molecule has 1 heterocycles. The Morgan fingerprint density at radius 1 is 1.46 bits per heavy atom. The quantitative estimate of drug-likeness (QED) is 0.763. The average molecular weight is 177 g/mol. The first-order valence-corrected chi connectivity index (χ1v) is 4.88. The van der Waals surface area contributed by atoms with E-state index >= 15 is 0 Å². The summed E-state index contributed by atoms with van der Waals surface area (Å²) in [6.45, 7) is 2.14. The molecule has 0 bridgehead atoms. The fraction of sp³-hybridized carbons (Fsp3) is 0.600. The maximum atomic E-state index is 4.27. The summed E-state index contributed by atoms with van der Waals surface area (Å²) in [6.07, 6.45) is 9.27. The highest BCUT2D eigenvalue weighted by molar-refractivity contribution is 5.01. The second-order valence-electron chi connectivity index (χ2n) is 3.65. The Morgan fingerprint density at radius 3 is 2.85 bits per heavy atom. The van der Waals surface area contributed by atoms with Gasteiger partial charge in [0.2, 0.25) is 0 Å². The van der Waals surface area contributed by atoms with Crippen molar-refractivity contribution in [1.82, 2.24) is 15.3 Å². The lowest BCUT2D eigenvalue weighted by Crippen LogP contribution is -2.37. The first-order chi connectivity index (χ1) is 6.36. The zero-order valence-electron chi connectivity index (χ0n) is 7.90. The molecule has 0 aromatic carbocycles. The van der Waals surface area contributed by atoms with E-state index < -0.39 is 0 Å². The standard InChI is InChI=1S/C10H15N3/c1-8(13-9-3-2-4-9)10-7-11-5-6-12-10/h5-9,13H,2-4H2,1H3. The predicted octanol–water partition coefficient (Wildman–Crippen LogP) is 1.68. The molecule has 1 aliphatic carbocycles. The number of nitrogens with zero attached hydrogens (tertiary/aromatic N) is 2. The van der Waals surface area contributed by atoms with Gasteiger partial charge in [0.15, 0.2) is 0 Å². The molecule has 1 aliphatic rings. The molecular formula is C10H15N3. The van der Waals surface area contributed by atoms with Crippen LogP contribution in [-0.2, 0) is 0 Å². The number of hydrogen-bond donors (Lipinski definition) is 1. The molecule has 1 atom stereocenters. The highest BCUT2D eigenvalue weighted by atomic mass is 15.0. The molecule has 1 unspecified atom stereocenters. The van der Waals surface area contributed by atoms with Crippen molar-refractivity contribution >= 4 is 0 Å². The van der Waals surface area contributed by atoms with E-state index in [1.165, 1.54) is 19.3 Å². The zero-order valence-corrected chi connectivity index (χ0v) is 7.90. The van der Waals surface area contributed by atoms with Gasteiger partial charge in [-0.2, -0.15) is 0 Å². The van der Waals surface area contributed by atoms with Crippen molar-refractivity contribution in [2.75, 3.05) is 0 Å². The minimum atomic E-state index is 0.332. The smallest absolute Gasteiger partial charge is 0.0753 e. The molecule has 3 heteroatoms. The van der Waals surface area contributed by atoms with E-state index in [0.29, 0.717) is 12.1 Å². The van der Waals surface area contributed by atoms with E-state index in [1.807, 2.05) is 6.20 Å². The lowest BCUT2D eigenvalue weighted by atomic mass is 9.92. The Hall–Kier alpha value is -0.960. The number of hydrogen-bond acceptors (Lipinski definition) is 3. The van der Waals surface area contributed by atoms with Gasteiger partial charge in [-0.1, -0.05) is 6.42 Å². The van der Waals surface area contributed by atoms with Gasteiger partial charge in [-0.25, -0.2) is 0 Å². The third-order valence-corrected chi connectivity index (χ3v) is 2.62. The third kappa shape index (κ3) is 2.04. The maximum Gasteiger partial charge on any atom is 0.0753 e. The molecule has 0 saturated heterocycles. The van der Waals surface area contributed by atoms with Crippen LogP contribution in [0.25, 0.3) is 0 Å². The second kappa shape index (κ2) is 3.83. The molecule has 1 saturated carbocycles. The van der Waals surface area contributed by atoms with Gasteiger partial charge in [0.25, 0.3) is 0 Å². The van der Waals surface area contributed by atoms with Gasteiger partial charge in [0, 0.05) is 30.7 Å². The summed E-state index contributed by atoms with van der Waals surface area (Å²) in [5.74, 6) is 0. The molecule has 1 aromatic heterocycles. The largest absolute Gasteiger partial charge is 0.306 e. The lowest BCUT2D eigenvalue weighted by Gasteiger charge is -2.29. The Balaban J connectivity index is 1.92. The van der Waals surface area contributed by atoms with Gasteiger partial charge < -0.3 is 5.32 Å². The molecule has 1 aromatic rings. The van der Waals surface area contributed by atoms with E-state index in [4.69, 9.17) is 0 Å². The third-order valence-electron chi connectivity index (χ3n) is 2.62. The average Bonchev–Trinajstić information content (AvgIpc) is 2.12. The van der Waals surface area contributed by atoms with Gasteiger partial charge in [-0.15, -0.1) is 0 Å². The summed E-state index contributed by atoms with van der Waals surface area (Å²) in [6, 6.07) is 1.04. The van der Waals surface area contributed by atoms with Crippen molar-refractivity contribution in [2.45, 2.75) is 38.3 Å². The van der Waals surface area contributed by atoms with Crippen molar-refractivity contribution in [2.24, 2.45) is 0 Å². The van der Waals surface area contributed by atoms with Gasteiger partial charge in [-0.05, 0) is 19.8 Å². The van der Waals surface area contributed by atoms with Crippen LogP contribution in [0.5, 0.6) is 0 Å². The topological polar surface area (TPSA) is 37.8 Å². The molecule has 1 fully saturated rings. The summed E-state index contributed by atoms with van der Waals surface area (Å²) in [5, 5.41) is 3.53. The van der Waals surface area contributed by atoms with E-state index in [0.717, 1.165) is 5.69 Å². The Labute approximate surface area is 78.6 Å². The summed E-state index contributed by atoms with van der Waals surface area (Å²) < 4.78 is 0. The first-order valence-electron chi connectivity index (χ1n) is 4.88. The molecule has 2 rings (SSSR count). The minimum Gasteiger partial charge on any atom is -0.306 e. The monoisotopic (exact) mass is 177 g/mol. The van der Waals surface area contributed by atoms with Gasteiger partial charge in [0.1, 0.15) is 0 Å². The Bertz CT molecular complexity index is 256. The van der Waals surface area contributed by atoms with Gasteiger partial charge in [-0.3, -0.25) is 9.97 Å². The van der Waals surface area contributed by atoms with Crippen LogP contribution >= 0.6 is 0 Å². The predicted molar refractivity (Wildman–Crippen MR) is 51.2 cm³/mol. The zero-order chi connectivity index (χ0) is 9.10. The number of rotatable bonds is 3. The number of nitrogens with one attached hydrogen (secondary N) is 1. The van der Waals surface area contributed by atoms with E-state index in [2.05, 4.69) is 22.2 Å². The highest BCUT2D eigenvalue weighted by Crippen LogP contribution is 2.21. The molecule has 0 radical (unpaired) electrons. The minimum absolute atomic E-state index is 0.332. The second-order valence-corrected chi connectivity index (χ2v) is 3.65. The van der Waals surface area contributed by atoms with Crippen LogP contribution < -0.4 is 5.32 Å². The molecule has 0 aliphatic heterocycles. The maximum absolute atomic E-state index is 4.27. The molecule has 3 nitrogen and oxygen atoms in total. The summed E-state index contributed by atoms with van der Waals surface area (Å²) in [4.78, 5) is 8.32. The molecular weight excluding hydrogens is 162 g/mol. The van der Waals surface area contributed by atoms with E-state index in [1.54, 1.807) is 12.4 Å². The Kier molecular flexibility index (Phi) is 2.54. The molecule has 13 heavy (non-hydrogen) atoms. The van der Waals surface area contributed by atoms with Crippen molar-refractivity contribution in [3.63, 3.8) is 0 Å². The van der Waals surface area contributed by atoms with Gasteiger partial charge in [0.05, 0.1) is 5.69 Å². The molecule has 70 valence electrons. The molecule has 0 amide bonds. The van der Waals surface area contributed by atoms with Crippen LogP contribution in [0.3, 0.4) is 0 Å². The number of aromatic nitrogens is 2. The van der Waals surface area contributed by atoms with Gasteiger partial charge >= 0.3 is 0 Å². The van der Waals surface area contributed by atoms with Crippen molar-refractivity contribution < 1.29 is 0 Å². The van der Waals surface area contributed by atoms with Crippen LogP contribution in [0.2, 0.25) is 0 Å². The fourth-order valence-electron chi connectivity index (χ4n) is 1.55. The van der Waals surface area contributed by atoms with Crippen LogP contribution in [-0.4, -0.2) is 16.0 Å². The normalized spacial score (nSPS) is 19.5. The molecule has 0 spiro atoms. The summed E-state index contributed by atoms with van der Waals surface area (Å²) >= 11 is 0. The lowest BCUT2D eigenvalue weighted by molar-refractivity contribution is 0.311. The van der Waals surface area contributed by atoms with Crippen molar-refractivity contribution in [1.29, 1.82) is 0 Å². The summed E-state index contributed by atoms with van der Waals surface area (Å²) in [7, 11) is 0. The van der Waals surface area contributed by atoms with Crippen LogP contribution in [0.15, 0.2) is 18.6 Å². The van der Waals surface area contributed by atoms with E-state index in [9.17, 15) is 0 Å². The highest BCUT2D eigenvalue weighted by Gasteiger charge is 2.19. The van der Waals surface area contributed by atoms with E-state index in [-0.39, 0.29) is 0 Å². The Morgan fingerprint density at radius 2 is 2.31 bits per heavy atom. The van der Waals surface area contributed by atoms with Crippen molar-refractivity contribution in [3.05, 3.63) is 24.3 Å². The van der Waals surface area contributed by atoms with Crippen LogP contribution in [0, 0.1) is 0 Å². The molecule has 1 N–H and O–H groups in total. The van der Waals surface area contributed by atoms with Crippen molar-refractivity contribution in [3.8, 4) is 0 Å². The summed E-state index contributed by atoms with van der Waals surface area (Å²) in [5.41, 5.74) is 1.04. The SMILES string of the molecule is CC(NC1CCC1)c1cnccn1. The fourth-order valence-corrected chi connectivity index (χ4v) is 1.55.